The first-order chi connectivity index (χ1) is 7.41. The maximum Gasteiger partial charge on any atom is 0.265 e. The minimum absolute atomic E-state index is 0.217. The molecule has 1 rings (SSSR count). The van der Waals surface area contributed by atoms with Gasteiger partial charge in [-0.1, -0.05) is 29.5 Å². The second-order valence-electron chi connectivity index (χ2n) is 3.31. The third-order valence-corrected chi connectivity index (χ3v) is 3.04. The molecule has 1 aromatic heterocycles. The minimum Gasteiger partial charge on any atom is -0.382 e. The van der Waals surface area contributed by atoms with E-state index in [0.29, 0.717) is 15.0 Å². The van der Waals surface area contributed by atoms with Gasteiger partial charge in [0.15, 0.2) is 5.13 Å². The Morgan fingerprint density at radius 1 is 1.69 bits per heavy atom. The van der Waals surface area contributed by atoms with Crippen LogP contribution in [0, 0.1) is 0 Å². The molecule has 1 heterocycles. The Morgan fingerprint density at radius 2 is 2.31 bits per heavy atom. The summed E-state index contributed by atoms with van der Waals surface area (Å²) < 4.78 is 0. The van der Waals surface area contributed by atoms with E-state index in [2.05, 4.69) is 16.9 Å². The number of carbonyl (C=O) groups excluding carboxylic acids is 1. The lowest BCUT2D eigenvalue weighted by molar-refractivity contribution is 0.0962. The van der Waals surface area contributed by atoms with E-state index in [1.54, 1.807) is 4.90 Å². The van der Waals surface area contributed by atoms with E-state index >= 15 is 0 Å². The van der Waals surface area contributed by atoms with Gasteiger partial charge in [0.1, 0.15) is 10.7 Å². The highest BCUT2D eigenvalue weighted by atomic mass is 35.5. The molecular weight excluding hydrogens is 248 g/mol. The first kappa shape index (κ1) is 12.8. The third-order valence-electron chi connectivity index (χ3n) is 1.67. The number of nitrogens with one attached hydrogen (secondary N) is 1. The van der Waals surface area contributed by atoms with Gasteiger partial charge in [-0.15, -0.1) is 0 Å². The zero-order chi connectivity index (χ0) is 12.3. The first-order valence-electron chi connectivity index (χ1n) is 4.47. The van der Waals surface area contributed by atoms with Crippen molar-refractivity contribution in [2.24, 2.45) is 0 Å². The summed E-state index contributed by atoms with van der Waals surface area (Å²) in [5.41, 5.74) is 5.64. The summed E-state index contributed by atoms with van der Waals surface area (Å²) in [6.45, 7) is 3.69. The third kappa shape index (κ3) is 3.11. The van der Waals surface area contributed by atoms with Gasteiger partial charge in [-0.25, -0.2) is 4.98 Å². The molecule has 0 aliphatic carbocycles. The largest absolute Gasteiger partial charge is 0.382 e. The van der Waals surface area contributed by atoms with Gasteiger partial charge in [0.05, 0.1) is 6.54 Å². The Balaban J connectivity index is 2.79. The lowest BCUT2D eigenvalue weighted by Crippen LogP contribution is -2.24. The standard InChI is InChI=1S/C9H13ClN4OS/c1-5(10)4-12-8(15)6-7(11)13-9(16-6)14(2)3/h1,4,11H2,2-3H3,(H,12,15). The van der Waals surface area contributed by atoms with Crippen LogP contribution in [0.1, 0.15) is 9.67 Å². The summed E-state index contributed by atoms with van der Waals surface area (Å²) in [4.78, 5) is 17.9. The SMILES string of the molecule is C=C(Cl)CNC(=O)c1sc(N(C)C)nc1N. The highest BCUT2D eigenvalue weighted by Crippen LogP contribution is 2.26. The van der Waals surface area contributed by atoms with E-state index < -0.39 is 0 Å². The van der Waals surface area contributed by atoms with Gasteiger partial charge in [-0.3, -0.25) is 4.79 Å². The molecule has 0 bridgehead atoms. The van der Waals surface area contributed by atoms with Crippen LogP contribution in [0.5, 0.6) is 0 Å². The molecule has 0 fully saturated rings. The second-order valence-corrected chi connectivity index (χ2v) is 4.82. The van der Waals surface area contributed by atoms with Crippen molar-refractivity contribution in [3.8, 4) is 0 Å². The quantitative estimate of drug-likeness (QED) is 0.855. The Hall–Kier alpha value is -1.27. The van der Waals surface area contributed by atoms with Gasteiger partial charge >= 0.3 is 0 Å². The molecule has 0 atom stereocenters. The number of carbonyl (C=O) groups is 1. The van der Waals surface area contributed by atoms with Crippen molar-refractivity contribution in [2.45, 2.75) is 0 Å². The van der Waals surface area contributed by atoms with Crippen molar-refractivity contribution in [3.05, 3.63) is 16.5 Å². The van der Waals surface area contributed by atoms with Gasteiger partial charge in [0.25, 0.3) is 5.91 Å². The van der Waals surface area contributed by atoms with E-state index in [9.17, 15) is 4.79 Å². The highest BCUT2D eigenvalue weighted by molar-refractivity contribution is 7.18. The Labute approximate surface area is 103 Å². The van der Waals surface area contributed by atoms with Crippen molar-refractivity contribution in [2.75, 3.05) is 31.3 Å². The molecule has 7 heteroatoms. The molecule has 0 spiro atoms. The second kappa shape index (κ2) is 5.18. The van der Waals surface area contributed by atoms with Crippen molar-refractivity contribution < 1.29 is 4.79 Å². The first-order valence-corrected chi connectivity index (χ1v) is 5.66. The summed E-state index contributed by atoms with van der Waals surface area (Å²) >= 11 is 6.78. The predicted octanol–water partition coefficient (Wildman–Crippen LogP) is 1.27. The summed E-state index contributed by atoms with van der Waals surface area (Å²) in [5, 5.41) is 3.65. The molecular formula is C9H13ClN4OS. The summed E-state index contributed by atoms with van der Waals surface area (Å²) in [6, 6.07) is 0. The number of nitrogens with zero attached hydrogens (tertiary/aromatic N) is 2. The van der Waals surface area contributed by atoms with Gasteiger partial charge in [-0.2, -0.15) is 0 Å². The number of halogens is 1. The maximum atomic E-state index is 11.7. The van der Waals surface area contributed by atoms with Gasteiger partial charge in [0, 0.05) is 19.1 Å². The molecule has 0 aliphatic rings. The smallest absolute Gasteiger partial charge is 0.265 e. The fourth-order valence-electron chi connectivity index (χ4n) is 0.931. The molecule has 16 heavy (non-hydrogen) atoms. The number of aromatic nitrogens is 1. The van der Waals surface area contributed by atoms with E-state index in [1.165, 1.54) is 11.3 Å². The number of hydrogen-bond donors (Lipinski definition) is 2. The molecule has 0 unspecified atom stereocenters. The predicted molar refractivity (Wildman–Crippen MR) is 68.2 cm³/mol. The molecule has 1 aromatic rings. The van der Waals surface area contributed by atoms with Crippen LogP contribution in [0.4, 0.5) is 10.9 Å². The molecule has 1 amide bonds. The number of thiazole rings is 1. The zero-order valence-corrected chi connectivity index (χ0v) is 10.7. The Morgan fingerprint density at radius 3 is 2.75 bits per heavy atom. The van der Waals surface area contributed by atoms with Crippen LogP contribution in [0.25, 0.3) is 0 Å². The van der Waals surface area contributed by atoms with Crippen LogP contribution >= 0.6 is 22.9 Å². The van der Waals surface area contributed by atoms with Crippen LogP contribution in [0.15, 0.2) is 11.6 Å². The van der Waals surface area contributed by atoms with Gasteiger partial charge < -0.3 is 16.0 Å². The number of rotatable bonds is 4. The average Bonchev–Trinajstić information content (AvgIpc) is 2.57. The molecule has 88 valence electrons. The number of amides is 1. The Bertz CT molecular complexity index is 416. The molecule has 0 saturated carbocycles. The normalized spacial score (nSPS) is 9.94. The number of nitrogens with two attached hydrogens (primary N) is 1. The molecule has 5 nitrogen and oxygen atoms in total. The summed E-state index contributed by atoms with van der Waals surface area (Å²) in [6.07, 6.45) is 0. The van der Waals surface area contributed by atoms with Crippen LogP contribution in [0.2, 0.25) is 0 Å². The molecule has 0 radical (unpaired) electrons. The van der Waals surface area contributed by atoms with E-state index in [1.807, 2.05) is 14.1 Å². The van der Waals surface area contributed by atoms with E-state index in [4.69, 9.17) is 17.3 Å². The van der Waals surface area contributed by atoms with Gasteiger partial charge in [-0.05, 0) is 0 Å². The lowest BCUT2D eigenvalue weighted by atomic mass is 10.4. The van der Waals surface area contributed by atoms with Crippen LogP contribution < -0.4 is 16.0 Å². The lowest BCUT2D eigenvalue weighted by Gasteiger charge is -2.05. The molecule has 0 aliphatic heterocycles. The fraction of sp³-hybridized carbons (Fsp3) is 0.333. The van der Waals surface area contributed by atoms with Crippen molar-refractivity contribution in [1.82, 2.24) is 10.3 Å². The number of hydrogen-bond acceptors (Lipinski definition) is 5. The molecule has 0 aromatic carbocycles. The summed E-state index contributed by atoms with van der Waals surface area (Å²) in [5.74, 6) is -0.0590. The number of nitrogen functional groups attached to an aromatic ring is 1. The molecule has 0 saturated heterocycles. The maximum absolute atomic E-state index is 11.7. The van der Waals surface area contributed by atoms with E-state index in [0.717, 1.165) is 0 Å². The van der Waals surface area contributed by atoms with Crippen molar-refractivity contribution in [1.29, 1.82) is 0 Å². The Kier molecular flexibility index (Phi) is 4.14. The van der Waals surface area contributed by atoms with Crippen LogP contribution in [-0.4, -0.2) is 31.5 Å². The average molecular weight is 261 g/mol. The van der Waals surface area contributed by atoms with Crippen molar-refractivity contribution >= 4 is 39.8 Å². The number of anilines is 2. The minimum atomic E-state index is -0.287. The van der Waals surface area contributed by atoms with Gasteiger partial charge in [0.2, 0.25) is 0 Å². The fourth-order valence-corrected chi connectivity index (χ4v) is 1.82. The topological polar surface area (TPSA) is 71.2 Å². The highest BCUT2D eigenvalue weighted by Gasteiger charge is 2.16. The zero-order valence-electron chi connectivity index (χ0n) is 9.08. The van der Waals surface area contributed by atoms with Crippen molar-refractivity contribution in [3.63, 3.8) is 0 Å². The monoisotopic (exact) mass is 260 g/mol. The van der Waals surface area contributed by atoms with Crippen LogP contribution in [-0.2, 0) is 0 Å². The van der Waals surface area contributed by atoms with Crippen LogP contribution in [0.3, 0.4) is 0 Å². The summed E-state index contributed by atoms with van der Waals surface area (Å²) in [7, 11) is 3.67. The van der Waals surface area contributed by atoms with E-state index in [-0.39, 0.29) is 18.3 Å². The molecule has 3 N–H and O–H groups in total.